The molecule has 0 atom stereocenters. The van der Waals surface area contributed by atoms with Gasteiger partial charge in [0.2, 0.25) is 0 Å². The van der Waals surface area contributed by atoms with Crippen LogP contribution in [0.3, 0.4) is 0 Å². The van der Waals surface area contributed by atoms with Crippen LogP contribution in [0.4, 0.5) is 5.69 Å². The highest BCUT2D eigenvalue weighted by molar-refractivity contribution is 9.10. The predicted molar refractivity (Wildman–Crippen MR) is 66.0 cm³/mol. The highest BCUT2D eigenvalue weighted by Gasteiger charge is 2.12. The third-order valence-electron chi connectivity index (χ3n) is 2.78. The molecule has 2 N–H and O–H groups in total. The largest absolute Gasteiger partial charge is 0.384 e. The number of anilines is 1. The Morgan fingerprint density at radius 2 is 2.20 bits per heavy atom. The molecule has 0 aliphatic carbocycles. The Bertz CT molecular complexity index is 293. The van der Waals surface area contributed by atoms with Gasteiger partial charge in [-0.05, 0) is 59.9 Å². The zero-order chi connectivity index (χ0) is 10.5. The van der Waals surface area contributed by atoms with E-state index in [4.69, 9.17) is 0 Å². The fourth-order valence-electron chi connectivity index (χ4n) is 1.83. The van der Waals surface area contributed by atoms with Gasteiger partial charge in [0.25, 0.3) is 0 Å². The third-order valence-corrected chi connectivity index (χ3v) is 3.25. The zero-order valence-electron chi connectivity index (χ0n) is 8.67. The van der Waals surface area contributed by atoms with Crippen molar-refractivity contribution in [2.75, 3.05) is 25.0 Å². The molecule has 1 aliphatic rings. The Hall–Kier alpha value is -0.610. The van der Waals surface area contributed by atoms with Gasteiger partial charge >= 0.3 is 0 Å². The Morgan fingerprint density at radius 1 is 1.40 bits per heavy atom. The maximum atomic E-state index is 4.18. The normalized spacial score (nSPS) is 17.7. The van der Waals surface area contributed by atoms with Gasteiger partial charge < -0.3 is 10.6 Å². The fourth-order valence-corrected chi connectivity index (χ4v) is 2.06. The summed E-state index contributed by atoms with van der Waals surface area (Å²) in [6.45, 7) is 3.38. The zero-order valence-corrected chi connectivity index (χ0v) is 10.3. The Morgan fingerprint density at radius 3 is 2.87 bits per heavy atom. The lowest BCUT2D eigenvalue weighted by molar-refractivity contribution is 0.390. The number of nitrogens with one attached hydrogen (secondary N) is 2. The van der Waals surface area contributed by atoms with Gasteiger partial charge in [0.05, 0.1) is 11.9 Å². The number of aromatic nitrogens is 1. The molecule has 0 unspecified atom stereocenters. The van der Waals surface area contributed by atoms with Crippen LogP contribution in [0.1, 0.15) is 12.8 Å². The first-order chi connectivity index (χ1) is 7.34. The second-order valence-corrected chi connectivity index (χ2v) is 4.76. The van der Waals surface area contributed by atoms with Crippen LogP contribution in [0, 0.1) is 5.92 Å². The summed E-state index contributed by atoms with van der Waals surface area (Å²) in [5.74, 6) is 0.801. The van der Waals surface area contributed by atoms with Gasteiger partial charge in [0.15, 0.2) is 0 Å². The average Bonchev–Trinajstić information content (AvgIpc) is 2.30. The molecule has 3 nitrogen and oxygen atoms in total. The molecule has 0 radical (unpaired) electrons. The fraction of sp³-hybridized carbons (Fsp3) is 0.545. The van der Waals surface area contributed by atoms with E-state index < -0.39 is 0 Å². The van der Waals surface area contributed by atoms with Crippen LogP contribution in [-0.4, -0.2) is 24.6 Å². The molecular formula is C11H16BrN3. The van der Waals surface area contributed by atoms with Crippen molar-refractivity contribution >= 4 is 21.6 Å². The van der Waals surface area contributed by atoms with E-state index in [0.29, 0.717) is 0 Å². The lowest BCUT2D eigenvalue weighted by Crippen LogP contribution is -2.31. The summed E-state index contributed by atoms with van der Waals surface area (Å²) in [6.07, 6.45) is 4.42. The number of piperidine rings is 1. The van der Waals surface area contributed by atoms with E-state index in [-0.39, 0.29) is 0 Å². The summed E-state index contributed by atoms with van der Waals surface area (Å²) in [6, 6.07) is 4.02. The first-order valence-electron chi connectivity index (χ1n) is 5.41. The van der Waals surface area contributed by atoms with Gasteiger partial charge in [-0.2, -0.15) is 0 Å². The number of halogens is 1. The minimum Gasteiger partial charge on any atom is -0.384 e. The van der Waals surface area contributed by atoms with Crippen molar-refractivity contribution in [2.45, 2.75) is 12.8 Å². The molecule has 0 bridgehead atoms. The maximum Gasteiger partial charge on any atom is 0.106 e. The SMILES string of the molecule is Brc1ccc(NCC2CCNCC2)cn1. The highest BCUT2D eigenvalue weighted by atomic mass is 79.9. The van der Waals surface area contributed by atoms with Crippen LogP contribution in [-0.2, 0) is 0 Å². The minimum atomic E-state index is 0.801. The summed E-state index contributed by atoms with van der Waals surface area (Å²) in [5, 5.41) is 6.80. The van der Waals surface area contributed by atoms with E-state index in [1.165, 1.54) is 12.8 Å². The van der Waals surface area contributed by atoms with E-state index in [9.17, 15) is 0 Å². The summed E-state index contributed by atoms with van der Waals surface area (Å²) < 4.78 is 0.884. The number of hydrogen-bond acceptors (Lipinski definition) is 3. The molecule has 1 aliphatic heterocycles. The molecule has 1 saturated heterocycles. The average molecular weight is 270 g/mol. The molecule has 1 fully saturated rings. The van der Waals surface area contributed by atoms with Crippen molar-refractivity contribution in [1.29, 1.82) is 0 Å². The van der Waals surface area contributed by atoms with Crippen molar-refractivity contribution < 1.29 is 0 Å². The maximum absolute atomic E-state index is 4.18. The van der Waals surface area contributed by atoms with E-state index >= 15 is 0 Å². The van der Waals surface area contributed by atoms with E-state index in [2.05, 4.69) is 37.6 Å². The van der Waals surface area contributed by atoms with Gasteiger partial charge in [-0.25, -0.2) is 4.98 Å². The molecular weight excluding hydrogens is 254 g/mol. The molecule has 0 saturated carbocycles. The van der Waals surface area contributed by atoms with E-state index in [1.807, 2.05) is 12.3 Å². The molecule has 1 aromatic rings. The van der Waals surface area contributed by atoms with Crippen LogP contribution >= 0.6 is 15.9 Å². The second kappa shape index (κ2) is 5.47. The summed E-state index contributed by atoms with van der Waals surface area (Å²) in [4.78, 5) is 4.18. The highest BCUT2D eigenvalue weighted by Crippen LogP contribution is 2.14. The van der Waals surface area contributed by atoms with Crippen molar-refractivity contribution in [2.24, 2.45) is 5.92 Å². The number of rotatable bonds is 3. The van der Waals surface area contributed by atoms with Crippen LogP contribution in [0.2, 0.25) is 0 Å². The summed E-state index contributed by atoms with van der Waals surface area (Å²) in [5.41, 5.74) is 1.11. The molecule has 15 heavy (non-hydrogen) atoms. The van der Waals surface area contributed by atoms with Gasteiger partial charge in [-0.15, -0.1) is 0 Å². The van der Waals surface area contributed by atoms with Crippen molar-refractivity contribution in [3.8, 4) is 0 Å². The molecule has 2 rings (SSSR count). The Labute approximate surface area is 98.8 Å². The Balaban J connectivity index is 1.79. The molecule has 0 amide bonds. The van der Waals surface area contributed by atoms with Crippen LogP contribution in [0.15, 0.2) is 22.9 Å². The number of hydrogen-bond donors (Lipinski definition) is 2. The summed E-state index contributed by atoms with van der Waals surface area (Å²) in [7, 11) is 0. The van der Waals surface area contributed by atoms with Crippen molar-refractivity contribution in [3.63, 3.8) is 0 Å². The van der Waals surface area contributed by atoms with Gasteiger partial charge in [0.1, 0.15) is 4.60 Å². The molecule has 0 aromatic carbocycles. The molecule has 82 valence electrons. The predicted octanol–water partition coefficient (Wildman–Crippen LogP) is 2.26. The van der Waals surface area contributed by atoms with E-state index in [0.717, 1.165) is 35.8 Å². The smallest absolute Gasteiger partial charge is 0.106 e. The lowest BCUT2D eigenvalue weighted by atomic mass is 9.98. The second-order valence-electron chi connectivity index (χ2n) is 3.94. The van der Waals surface area contributed by atoms with E-state index in [1.54, 1.807) is 0 Å². The Kier molecular flexibility index (Phi) is 3.97. The standard InChI is InChI=1S/C11H16BrN3/c12-11-2-1-10(8-15-11)14-7-9-3-5-13-6-4-9/h1-2,8-9,13-14H,3-7H2. The molecule has 2 heterocycles. The van der Waals surface area contributed by atoms with Crippen LogP contribution in [0.5, 0.6) is 0 Å². The van der Waals surface area contributed by atoms with Crippen LogP contribution < -0.4 is 10.6 Å². The van der Waals surface area contributed by atoms with Gasteiger partial charge in [0, 0.05) is 6.54 Å². The first kappa shape index (κ1) is 10.9. The molecule has 0 spiro atoms. The monoisotopic (exact) mass is 269 g/mol. The molecule has 4 heteroatoms. The minimum absolute atomic E-state index is 0.801. The number of nitrogens with zero attached hydrogens (tertiary/aromatic N) is 1. The lowest BCUT2D eigenvalue weighted by Gasteiger charge is -2.23. The third kappa shape index (κ3) is 3.47. The molecule has 1 aromatic heterocycles. The van der Waals surface area contributed by atoms with Gasteiger partial charge in [-0.1, -0.05) is 0 Å². The topological polar surface area (TPSA) is 37.0 Å². The van der Waals surface area contributed by atoms with Gasteiger partial charge in [-0.3, -0.25) is 0 Å². The van der Waals surface area contributed by atoms with Crippen LogP contribution in [0.25, 0.3) is 0 Å². The quantitative estimate of drug-likeness (QED) is 0.827. The first-order valence-corrected chi connectivity index (χ1v) is 6.20. The summed E-state index contributed by atoms with van der Waals surface area (Å²) >= 11 is 3.33. The van der Waals surface area contributed by atoms with Crippen molar-refractivity contribution in [3.05, 3.63) is 22.9 Å². The number of pyridine rings is 1. The van der Waals surface area contributed by atoms with Crippen molar-refractivity contribution in [1.82, 2.24) is 10.3 Å².